The molecule has 0 bridgehead atoms. The Bertz CT molecular complexity index is 1370. The number of hydrogen-bond donors (Lipinski definition) is 0. The first kappa shape index (κ1) is 32.2. The van der Waals surface area contributed by atoms with Crippen molar-refractivity contribution in [3.8, 4) is 0 Å². The SMILES string of the molecule is C[C@@H]1CN(CC(=O)N2CC(C)(C)c3ncc(C(F)(F)c4ccccc4)cc32)[C@@H](CN2CCC(F)C2)CN1C(=O)OC(C)(C)C. The smallest absolute Gasteiger partial charge is 0.410 e. The Hall–Kier alpha value is -3.18. The van der Waals surface area contributed by atoms with E-state index in [1.165, 1.54) is 24.4 Å². The summed E-state index contributed by atoms with van der Waals surface area (Å²) in [4.78, 5) is 38.9. The summed E-state index contributed by atoms with van der Waals surface area (Å²) in [6, 6.07) is 8.50. The largest absolute Gasteiger partial charge is 0.444 e. The number of piperazine rings is 1. The summed E-state index contributed by atoms with van der Waals surface area (Å²) in [6.07, 6.45) is 0.358. The lowest BCUT2D eigenvalue weighted by Crippen LogP contribution is -2.63. The molecule has 3 aliphatic rings. The number of nitrogens with zero attached hydrogens (tertiary/aromatic N) is 5. The standard InChI is InChI=1S/C33H44F3N5O3/c1-22-16-39(26(18-38-13-12-25(34)17-38)19-40(22)30(43)44-31(2,3)4)20-28(42)41-21-32(5,6)29-27(41)14-24(15-37-29)33(35,36)23-10-8-7-9-11-23/h7-11,14-15,22,25-26H,12-13,16-21H2,1-6H3/t22-,25?,26+/m1/s1. The van der Waals surface area contributed by atoms with Crippen LogP contribution >= 0.6 is 0 Å². The van der Waals surface area contributed by atoms with Crippen LogP contribution in [0.4, 0.5) is 23.7 Å². The van der Waals surface area contributed by atoms with Gasteiger partial charge in [0.05, 0.1) is 17.9 Å². The fraction of sp³-hybridized carbons (Fsp3) is 0.606. The van der Waals surface area contributed by atoms with Crippen LogP contribution in [0.2, 0.25) is 0 Å². The average molecular weight is 616 g/mol. The highest BCUT2D eigenvalue weighted by atomic mass is 19.3. The molecule has 240 valence electrons. The summed E-state index contributed by atoms with van der Waals surface area (Å²) in [5.74, 6) is -3.51. The van der Waals surface area contributed by atoms with Crippen molar-refractivity contribution in [1.82, 2.24) is 19.7 Å². The molecule has 3 aliphatic heterocycles. The summed E-state index contributed by atoms with van der Waals surface area (Å²) in [7, 11) is 0. The van der Waals surface area contributed by atoms with Gasteiger partial charge in [-0.25, -0.2) is 9.18 Å². The molecule has 4 heterocycles. The van der Waals surface area contributed by atoms with E-state index < -0.39 is 29.2 Å². The van der Waals surface area contributed by atoms with Crippen LogP contribution in [0.5, 0.6) is 0 Å². The Balaban J connectivity index is 1.39. The van der Waals surface area contributed by atoms with Crippen molar-refractivity contribution in [3.05, 3.63) is 59.4 Å². The molecule has 8 nitrogen and oxygen atoms in total. The molecule has 1 aromatic carbocycles. The van der Waals surface area contributed by atoms with Crippen LogP contribution in [0.15, 0.2) is 42.6 Å². The van der Waals surface area contributed by atoms with Crippen LogP contribution < -0.4 is 4.90 Å². The highest BCUT2D eigenvalue weighted by Gasteiger charge is 2.44. The quantitative estimate of drug-likeness (QED) is 0.445. The van der Waals surface area contributed by atoms with E-state index in [1.807, 2.05) is 51.3 Å². The van der Waals surface area contributed by atoms with Gasteiger partial charge < -0.3 is 14.5 Å². The number of carbonyl (C=O) groups is 2. The molecule has 44 heavy (non-hydrogen) atoms. The summed E-state index contributed by atoms with van der Waals surface area (Å²) < 4.78 is 50.8. The number of hydrogen-bond acceptors (Lipinski definition) is 6. The Labute approximate surface area is 258 Å². The van der Waals surface area contributed by atoms with Gasteiger partial charge >= 0.3 is 6.09 Å². The normalized spacial score (nSPS) is 24.4. The predicted octanol–water partition coefficient (Wildman–Crippen LogP) is 5.20. The third kappa shape index (κ3) is 6.73. The maximum Gasteiger partial charge on any atom is 0.410 e. The predicted molar refractivity (Wildman–Crippen MR) is 163 cm³/mol. The van der Waals surface area contributed by atoms with E-state index in [9.17, 15) is 14.0 Å². The monoisotopic (exact) mass is 615 g/mol. The number of halogens is 3. The third-order valence-corrected chi connectivity index (χ3v) is 8.76. The fourth-order valence-corrected chi connectivity index (χ4v) is 6.50. The number of amides is 2. The first-order valence-electron chi connectivity index (χ1n) is 15.4. The fourth-order valence-electron chi connectivity index (χ4n) is 6.50. The zero-order chi connectivity index (χ0) is 32.0. The lowest BCUT2D eigenvalue weighted by atomic mass is 9.90. The first-order valence-corrected chi connectivity index (χ1v) is 15.4. The maximum absolute atomic E-state index is 15.5. The second kappa shape index (κ2) is 12.0. The van der Waals surface area contributed by atoms with Crippen LogP contribution in [0.1, 0.15) is 64.8 Å². The summed E-state index contributed by atoms with van der Waals surface area (Å²) in [5, 5.41) is 0. The van der Waals surface area contributed by atoms with Gasteiger partial charge in [-0.05, 0) is 40.2 Å². The van der Waals surface area contributed by atoms with Crippen LogP contribution in [0, 0.1) is 0 Å². The van der Waals surface area contributed by atoms with Gasteiger partial charge in [0, 0.05) is 74.1 Å². The number of anilines is 1. The minimum Gasteiger partial charge on any atom is -0.444 e. The molecule has 2 saturated heterocycles. The molecular weight excluding hydrogens is 571 g/mol. The molecule has 5 rings (SSSR count). The number of fused-ring (bicyclic) bond motifs is 1. The number of carbonyl (C=O) groups excluding carboxylic acids is 2. The second-order valence-electron chi connectivity index (χ2n) is 14.1. The van der Waals surface area contributed by atoms with Gasteiger partial charge in [0.2, 0.25) is 5.91 Å². The van der Waals surface area contributed by atoms with Crippen molar-refractivity contribution in [2.45, 2.75) is 83.2 Å². The van der Waals surface area contributed by atoms with Gasteiger partial charge in [-0.15, -0.1) is 0 Å². The van der Waals surface area contributed by atoms with E-state index in [0.717, 1.165) is 0 Å². The lowest BCUT2D eigenvalue weighted by Gasteiger charge is -2.46. The topological polar surface area (TPSA) is 69.2 Å². The Morgan fingerprint density at radius 1 is 1.07 bits per heavy atom. The molecule has 2 aromatic rings. The van der Waals surface area contributed by atoms with Crippen molar-refractivity contribution in [2.24, 2.45) is 0 Å². The molecular formula is C33H44F3N5O3. The number of aromatic nitrogens is 1. The highest BCUT2D eigenvalue weighted by molar-refractivity contribution is 5.97. The molecule has 2 amide bonds. The van der Waals surface area contributed by atoms with Crippen LogP contribution in [-0.2, 0) is 20.9 Å². The van der Waals surface area contributed by atoms with Gasteiger partial charge in [0.15, 0.2) is 0 Å². The van der Waals surface area contributed by atoms with Crippen molar-refractivity contribution >= 4 is 17.7 Å². The van der Waals surface area contributed by atoms with Crippen molar-refractivity contribution < 1.29 is 27.5 Å². The van der Waals surface area contributed by atoms with E-state index in [1.54, 1.807) is 28.0 Å². The van der Waals surface area contributed by atoms with Crippen LogP contribution in [0.25, 0.3) is 0 Å². The Morgan fingerprint density at radius 3 is 2.41 bits per heavy atom. The number of alkyl halides is 3. The second-order valence-corrected chi connectivity index (χ2v) is 14.1. The number of benzene rings is 1. The number of likely N-dealkylation sites (tertiary alicyclic amines) is 1. The van der Waals surface area contributed by atoms with Crippen LogP contribution in [-0.4, -0.2) is 101 Å². The lowest BCUT2D eigenvalue weighted by molar-refractivity contribution is -0.121. The van der Waals surface area contributed by atoms with Crippen molar-refractivity contribution in [1.29, 1.82) is 0 Å². The van der Waals surface area contributed by atoms with Gasteiger partial charge in [-0.2, -0.15) is 8.78 Å². The minimum atomic E-state index is -3.28. The molecule has 0 radical (unpaired) electrons. The molecule has 0 saturated carbocycles. The van der Waals surface area contributed by atoms with E-state index >= 15 is 8.78 Å². The zero-order valence-corrected chi connectivity index (χ0v) is 26.5. The Kier molecular flexibility index (Phi) is 8.76. The van der Waals surface area contributed by atoms with Crippen molar-refractivity contribution in [2.75, 3.05) is 50.7 Å². The van der Waals surface area contributed by atoms with E-state index in [2.05, 4.69) is 4.98 Å². The molecule has 1 unspecified atom stereocenters. The number of pyridine rings is 1. The van der Waals surface area contributed by atoms with Crippen LogP contribution in [0.3, 0.4) is 0 Å². The number of ether oxygens (including phenoxy) is 1. The zero-order valence-electron chi connectivity index (χ0n) is 26.5. The van der Waals surface area contributed by atoms with Crippen molar-refractivity contribution in [3.63, 3.8) is 0 Å². The molecule has 0 N–H and O–H groups in total. The number of rotatable bonds is 6. The molecule has 2 fully saturated rings. The van der Waals surface area contributed by atoms with Gasteiger partial charge in [-0.3, -0.25) is 19.6 Å². The summed E-state index contributed by atoms with van der Waals surface area (Å²) >= 11 is 0. The molecule has 1 aromatic heterocycles. The molecule has 3 atom stereocenters. The van der Waals surface area contributed by atoms with E-state index in [0.29, 0.717) is 57.1 Å². The first-order chi connectivity index (χ1) is 20.5. The average Bonchev–Trinajstić information content (AvgIpc) is 3.48. The molecule has 11 heteroatoms. The van der Waals surface area contributed by atoms with E-state index in [4.69, 9.17) is 4.74 Å². The summed E-state index contributed by atoms with van der Waals surface area (Å²) in [6.45, 7) is 13.8. The van der Waals surface area contributed by atoms with E-state index in [-0.39, 0.29) is 35.7 Å². The Morgan fingerprint density at radius 2 is 1.77 bits per heavy atom. The summed E-state index contributed by atoms with van der Waals surface area (Å²) in [5.41, 5.74) is -0.608. The van der Waals surface area contributed by atoms with Gasteiger partial charge in [-0.1, -0.05) is 44.2 Å². The van der Waals surface area contributed by atoms with Gasteiger partial charge in [0.25, 0.3) is 5.92 Å². The maximum atomic E-state index is 15.5. The third-order valence-electron chi connectivity index (χ3n) is 8.76. The van der Waals surface area contributed by atoms with Gasteiger partial charge in [0.1, 0.15) is 11.8 Å². The minimum absolute atomic E-state index is 0.0267. The highest BCUT2D eigenvalue weighted by Crippen LogP contribution is 2.43. The molecule has 0 spiro atoms. The molecule has 0 aliphatic carbocycles.